The molecule has 0 saturated carbocycles. The van der Waals surface area contributed by atoms with Crippen molar-refractivity contribution in [3.8, 4) is 5.75 Å². The van der Waals surface area contributed by atoms with Crippen molar-refractivity contribution < 1.29 is 19.4 Å². The largest absolute Gasteiger partial charge is 0.508 e. The van der Waals surface area contributed by atoms with Crippen LogP contribution in [0.1, 0.15) is 20.3 Å². The van der Waals surface area contributed by atoms with Crippen LogP contribution in [-0.4, -0.2) is 37.1 Å². The zero-order valence-corrected chi connectivity index (χ0v) is 11.9. The van der Waals surface area contributed by atoms with Crippen molar-refractivity contribution in [1.29, 1.82) is 0 Å². The molecule has 5 nitrogen and oxygen atoms in total. The normalized spacial score (nSPS) is 18.6. The summed E-state index contributed by atoms with van der Waals surface area (Å²) in [5.41, 5.74) is 0.720. The van der Waals surface area contributed by atoms with E-state index in [-0.39, 0.29) is 17.9 Å². The number of cyclic esters (lactones) is 1. The summed E-state index contributed by atoms with van der Waals surface area (Å²) in [5.74, 6) is 0.782. The highest BCUT2D eigenvalue weighted by molar-refractivity contribution is 5.89. The summed E-state index contributed by atoms with van der Waals surface area (Å²) in [6.45, 7) is 5.88. The minimum absolute atomic E-state index is 0.176. The smallest absolute Gasteiger partial charge is 0.414 e. The fraction of sp³-hybridized carbons (Fsp3) is 0.533. The lowest BCUT2D eigenvalue weighted by Gasteiger charge is -2.13. The number of nitrogens with zero attached hydrogens (tertiary/aromatic N) is 1. The Balaban J connectivity index is 1.83. The topological polar surface area (TPSA) is 59.0 Å². The van der Waals surface area contributed by atoms with Gasteiger partial charge in [-0.25, -0.2) is 4.79 Å². The first kappa shape index (κ1) is 14.7. The van der Waals surface area contributed by atoms with Crippen molar-refractivity contribution in [2.45, 2.75) is 26.4 Å². The van der Waals surface area contributed by atoms with E-state index in [1.807, 2.05) is 0 Å². The third-order valence-corrected chi connectivity index (χ3v) is 3.18. The number of aromatic hydroxyl groups is 1. The molecular formula is C15H21NO4. The van der Waals surface area contributed by atoms with Crippen LogP contribution in [0.2, 0.25) is 0 Å². The second kappa shape index (κ2) is 6.61. The molecule has 5 heteroatoms. The summed E-state index contributed by atoms with van der Waals surface area (Å²) >= 11 is 0. The average Bonchev–Trinajstić information content (AvgIpc) is 2.77. The minimum Gasteiger partial charge on any atom is -0.508 e. The third kappa shape index (κ3) is 3.87. The summed E-state index contributed by atoms with van der Waals surface area (Å²) in [6.07, 6.45) is 0.402. The highest BCUT2D eigenvalue weighted by atomic mass is 16.6. The Morgan fingerprint density at radius 3 is 2.75 bits per heavy atom. The molecule has 0 spiro atoms. The molecule has 20 heavy (non-hydrogen) atoms. The Morgan fingerprint density at radius 1 is 1.40 bits per heavy atom. The lowest BCUT2D eigenvalue weighted by atomic mass is 10.1. The Bertz CT molecular complexity index is 444. The second-order valence-corrected chi connectivity index (χ2v) is 5.39. The van der Waals surface area contributed by atoms with E-state index < -0.39 is 0 Å². The molecule has 0 radical (unpaired) electrons. The molecule has 1 aliphatic rings. The number of phenols is 1. The maximum atomic E-state index is 11.8. The van der Waals surface area contributed by atoms with E-state index in [1.54, 1.807) is 29.2 Å². The molecule has 1 saturated heterocycles. The van der Waals surface area contributed by atoms with Crippen LogP contribution < -0.4 is 4.90 Å². The summed E-state index contributed by atoms with van der Waals surface area (Å²) in [7, 11) is 0. The molecule has 0 aliphatic carbocycles. The van der Waals surface area contributed by atoms with Gasteiger partial charge in [0.15, 0.2) is 0 Å². The molecule has 2 rings (SSSR count). The number of rotatable bonds is 6. The summed E-state index contributed by atoms with van der Waals surface area (Å²) < 4.78 is 10.8. The standard InChI is InChI=1S/C15H21NO4/c1-11(2)7-8-19-10-14-9-16(15(18)20-14)12-3-5-13(17)6-4-12/h3-6,11,14,17H,7-10H2,1-2H3. The van der Waals surface area contributed by atoms with Crippen molar-refractivity contribution >= 4 is 11.8 Å². The number of amides is 1. The Hall–Kier alpha value is -1.75. The van der Waals surface area contributed by atoms with Gasteiger partial charge in [-0.05, 0) is 36.6 Å². The van der Waals surface area contributed by atoms with Gasteiger partial charge < -0.3 is 14.6 Å². The van der Waals surface area contributed by atoms with E-state index in [1.165, 1.54) is 0 Å². The first-order valence-corrected chi connectivity index (χ1v) is 6.91. The summed E-state index contributed by atoms with van der Waals surface area (Å²) in [6, 6.07) is 6.49. The molecule has 1 aliphatic heterocycles. The number of carbonyl (C=O) groups excluding carboxylic acids is 1. The van der Waals surface area contributed by atoms with Crippen LogP contribution in [-0.2, 0) is 9.47 Å². The van der Waals surface area contributed by atoms with Crippen LogP contribution in [0.15, 0.2) is 24.3 Å². The SMILES string of the molecule is CC(C)CCOCC1CN(c2ccc(O)cc2)C(=O)O1. The number of carbonyl (C=O) groups is 1. The molecule has 1 unspecified atom stereocenters. The fourth-order valence-electron chi connectivity index (χ4n) is 1.99. The second-order valence-electron chi connectivity index (χ2n) is 5.39. The van der Waals surface area contributed by atoms with Gasteiger partial charge in [0.2, 0.25) is 0 Å². The van der Waals surface area contributed by atoms with Crippen LogP contribution in [0.4, 0.5) is 10.5 Å². The van der Waals surface area contributed by atoms with E-state index in [9.17, 15) is 9.90 Å². The Kier molecular flexibility index (Phi) is 4.84. The van der Waals surface area contributed by atoms with Gasteiger partial charge in [0.05, 0.1) is 13.2 Å². The number of ether oxygens (including phenoxy) is 2. The van der Waals surface area contributed by atoms with E-state index in [0.29, 0.717) is 25.7 Å². The van der Waals surface area contributed by atoms with E-state index in [0.717, 1.165) is 12.1 Å². The quantitative estimate of drug-likeness (QED) is 0.813. The number of hydrogen-bond acceptors (Lipinski definition) is 4. The van der Waals surface area contributed by atoms with Crippen molar-refractivity contribution in [1.82, 2.24) is 0 Å². The van der Waals surface area contributed by atoms with E-state index in [4.69, 9.17) is 9.47 Å². The van der Waals surface area contributed by atoms with Crippen LogP contribution >= 0.6 is 0 Å². The van der Waals surface area contributed by atoms with Crippen molar-refractivity contribution in [3.63, 3.8) is 0 Å². The monoisotopic (exact) mass is 279 g/mol. The number of phenolic OH excluding ortho intramolecular Hbond substituents is 1. The molecule has 1 aromatic rings. The molecular weight excluding hydrogens is 258 g/mol. The maximum Gasteiger partial charge on any atom is 0.414 e. The zero-order chi connectivity index (χ0) is 14.5. The number of benzene rings is 1. The van der Waals surface area contributed by atoms with Gasteiger partial charge >= 0.3 is 6.09 Å². The molecule has 0 aromatic heterocycles. The molecule has 1 N–H and O–H groups in total. The molecule has 1 fully saturated rings. The molecule has 0 bridgehead atoms. The van der Waals surface area contributed by atoms with Crippen molar-refractivity contribution in [3.05, 3.63) is 24.3 Å². The summed E-state index contributed by atoms with van der Waals surface area (Å²) in [5, 5.41) is 9.25. The Morgan fingerprint density at radius 2 is 2.10 bits per heavy atom. The Labute approximate surface area is 119 Å². The van der Waals surface area contributed by atoms with Crippen molar-refractivity contribution in [2.75, 3.05) is 24.7 Å². The first-order chi connectivity index (χ1) is 9.56. The first-order valence-electron chi connectivity index (χ1n) is 6.91. The number of hydrogen-bond donors (Lipinski definition) is 1. The summed E-state index contributed by atoms with van der Waals surface area (Å²) in [4.78, 5) is 13.3. The molecule has 1 aromatic carbocycles. The van der Waals surface area contributed by atoms with Gasteiger partial charge in [-0.1, -0.05) is 13.8 Å². The zero-order valence-electron chi connectivity index (χ0n) is 11.9. The minimum atomic E-state index is -0.367. The number of anilines is 1. The molecule has 1 amide bonds. The predicted molar refractivity (Wildman–Crippen MR) is 76.0 cm³/mol. The van der Waals surface area contributed by atoms with E-state index >= 15 is 0 Å². The predicted octanol–water partition coefficient (Wildman–Crippen LogP) is 2.78. The maximum absolute atomic E-state index is 11.8. The molecule has 110 valence electrons. The lowest BCUT2D eigenvalue weighted by Crippen LogP contribution is -2.26. The van der Waals surface area contributed by atoms with Gasteiger partial charge in [-0.2, -0.15) is 0 Å². The lowest BCUT2D eigenvalue weighted by molar-refractivity contribution is 0.0418. The highest BCUT2D eigenvalue weighted by Crippen LogP contribution is 2.23. The van der Waals surface area contributed by atoms with Crippen LogP contribution in [0.5, 0.6) is 5.75 Å². The molecule has 1 heterocycles. The molecule has 1 atom stereocenters. The third-order valence-electron chi connectivity index (χ3n) is 3.18. The van der Waals surface area contributed by atoms with Gasteiger partial charge in [0.1, 0.15) is 11.9 Å². The van der Waals surface area contributed by atoms with Crippen molar-refractivity contribution in [2.24, 2.45) is 5.92 Å². The van der Waals surface area contributed by atoms with E-state index in [2.05, 4.69) is 13.8 Å². The van der Waals surface area contributed by atoms with Crippen LogP contribution in [0.3, 0.4) is 0 Å². The van der Waals surface area contributed by atoms with Crippen LogP contribution in [0.25, 0.3) is 0 Å². The van der Waals surface area contributed by atoms with Gasteiger partial charge in [0, 0.05) is 12.3 Å². The fourth-order valence-corrected chi connectivity index (χ4v) is 1.99. The van der Waals surface area contributed by atoms with Crippen LogP contribution in [0, 0.1) is 5.92 Å². The van der Waals surface area contributed by atoms with Gasteiger partial charge in [0.25, 0.3) is 0 Å². The van der Waals surface area contributed by atoms with Gasteiger partial charge in [-0.3, -0.25) is 4.90 Å². The van der Waals surface area contributed by atoms with Gasteiger partial charge in [-0.15, -0.1) is 0 Å². The highest BCUT2D eigenvalue weighted by Gasteiger charge is 2.32. The average molecular weight is 279 g/mol.